The normalized spacial score (nSPS) is 14.2. The van der Waals surface area contributed by atoms with E-state index >= 15 is 0 Å². The minimum Gasteiger partial charge on any atom is -0.387 e. The van der Waals surface area contributed by atoms with Crippen molar-refractivity contribution in [1.29, 1.82) is 0 Å². The number of quaternary nitrogens is 1. The van der Waals surface area contributed by atoms with E-state index in [4.69, 9.17) is 9.05 Å². The van der Waals surface area contributed by atoms with Crippen LogP contribution in [0.3, 0.4) is 0 Å². The van der Waals surface area contributed by atoms with E-state index in [-0.39, 0.29) is 19.1 Å². The first-order chi connectivity index (χ1) is 30.0. The number of phosphoric ester groups is 1. The van der Waals surface area contributed by atoms with E-state index in [0.717, 1.165) is 38.5 Å². The lowest BCUT2D eigenvalue weighted by Crippen LogP contribution is -2.45. The monoisotopic (exact) mass is 898 g/mol. The molecule has 62 heavy (non-hydrogen) atoms. The first kappa shape index (κ1) is 61.0. The molecule has 0 aromatic heterocycles. The molecule has 0 bridgehead atoms. The summed E-state index contributed by atoms with van der Waals surface area (Å²) in [5.41, 5.74) is 0. The van der Waals surface area contributed by atoms with Gasteiger partial charge in [0, 0.05) is 6.42 Å². The molecule has 0 aliphatic carbocycles. The Morgan fingerprint density at radius 3 is 1.24 bits per heavy atom. The molecule has 0 aromatic rings. The van der Waals surface area contributed by atoms with Crippen LogP contribution in [0.1, 0.15) is 258 Å². The highest BCUT2D eigenvalue weighted by Gasteiger charge is 2.27. The van der Waals surface area contributed by atoms with Gasteiger partial charge in [0.25, 0.3) is 0 Å². The van der Waals surface area contributed by atoms with Gasteiger partial charge in [0.15, 0.2) is 0 Å². The van der Waals surface area contributed by atoms with E-state index in [1.54, 1.807) is 6.08 Å². The molecular weight excluding hydrogens is 792 g/mol. The molecule has 0 radical (unpaired) electrons. The summed E-state index contributed by atoms with van der Waals surface area (Å²) in [5, 5.41) is 13.9. The Kier molecular flexibility index (Phi) is 44.4. The molecule has 8 nitrogen and oxygen atoms in total. The fourth-order valence-electron chi connectivity index (χ4n) is 7.92. The van der Waals surface area contributed by atoms with Crippen molar-refractivity contribution in [3.05, 3.63) is 24.3 Å². The van der Waals surface area contributed by atoms with Crippen LogP contribution in [0.5, 0.6) is 0 Å². The molecule has 3 atom stereocenters. The predicted molar refractivity (Wildman–Crippen MR) is 268 cm³/mol. The van der Waals surface area contributed by atoms with Gasteiger partial charge in [-0.3, -0.25) is 13.8 Å². The zero-order valence-electron chi connectivity index (χ0n) is 41.9. The van der Waals surface area contributed by atoms with E-state index in [1.165, 1.54) is 199 Å². The minimum atomic E-state index is -4.34. The van der Waals surface area contributed by atoms with Crippen molar-refractivity contribution < 1.29 is 32.9 Å². The van der Waals surface area contributed by atoms with E-state index in [2.05, 4.69) is 31.3 Å². The third-order valence-corrected chi connectivity index (χ3v) is 13.1. The van der Waals surface area contributed by atoms with Gasteiger partial charge in [-0.1, -0.05) is 231 Å². The Morgan fingerprint density at radius 2 is 0.871 bits per heavy atom. The lowest BCUT2D eigenvalue weighted by molar-refractivity contribution is -0.870. The molecule has 3 N–H and O–H groups in total. The standard InChI is InChI=1S/C53H105N2O6P/c1-6-8-10-12-14-16-18-20-22-24-25-26-27-28-29-31-32-34-36-38-40-42-44-46-52(56)51(50-61-62(58,59)60-49-48-55(3,4)5)54-53(57)47-45-43-41-39-37-35-33-30-23-21-19-17-15-13-11-9-7-2/h21,23,44,46,51-52,56H,6-20,22,24-43,45,47-50H2,1-5H3,(H-,54,57,58,59)/p+1/b23-21-,46-44+. The molecule has 0 rings (SSSR count). The van der Waals surface area contributed by atoms with Crippen molar-refractivity contribution in [3.8, 4) is 0 Å². The number of aliphatic hydroxyl groups excluding tert-OH is 1. The van der Waals surface area contributed by atoms with Crippen molar-refractivity contribution in [2.75, 3.05) is 40.9 Å². The van der Waals surface area contributed by atoms with Gasteiger partial charge in [-0.25, -0.2) is 4.57 Å². The van der Waals surface area contributed by atoms with Gasteiger partial charge in [0.1, 0.15) is 13.2 Å². The smallest absolute Gasteiger partial charge is 0.387 e. The van der Waals surface area contributed by atoms with Gasteiger partial charge in [-0.05, 0) is 44.9 Å². The second-order valence-corrected chi connectivity index (χ2v) is 21.1. The molecule has 0 spiro atoms. The molecule has 0 aliphatic rings. The lowest BCUT2D eigenvalue weighted by atomic mass is 10.0. The third kappa shape index (κ3) is 47.0. The van der Waals surface area contributed by atoms with E-state index in [0.29, 0.717) is 17.4 Å². The molecule has 0 aromatic carbocycles. The summed E-state index contributed by atoms with van der Waals surface area (Å²) in [5.74, 6) is -0.179. The molecule has 368 valence electrons. The largest absolute Gasteiger partial charge is 0.472 e. The summed E-state index contributed by atoms with van der Waals surface area (Å²) in [7, 11) is 1.58. The van der Waals surface area contributed by atoms with Crippen LogP contribution in [0.25, 0.3) is 0 Å². The number of amides is 1. The Labute approximate surface area is 385 Å². The summed E-state index contributed by atoms with van der Waals surface area (Å²) in [6, 6.07) is -0.846. The van der Waals surface area contributed by atoms with Crippen LogP contribution in [0, 0.1) is 0 Å². The number of carbonyl (C=O) groups excluding carboxylic acids is 1. The molecule has 0 fully saturated rings. The third-order valence-electron chi connectivity index (χ3n) is 12.2. The maximum absolute atomic E-state index is 12.9. The molecular formula is C53H106N2O6P+. The fourth-order valence-corrected chi connectivity index (χ4v) is 8.66. The Bertz CT molecular complexity index is 1060. The first-order valence-electron chi connectivity index (χ1n) is 26.7. The number of hydrogen-bond donors (Lipinski definition) is 3. The van der Waals surface area contributed by atoms with Gasteiger partial charge in [0.2, 0.25) is 5.91 Å². The lowest BCUT2D eigenvalue weighted by Gasteiger charge is -2.25. The summed E-state index contributed by atoms with van der Waals surface area (Å²) in [6.07, 6.45) is 55.5. The number of aliphatic hydroxyl groups is 1. The molecule has 1 amide bonds. The number of allylic oxidation sites excluding steroid dienone is 3. The quantitative estimate of drug-likeness (QED) is 0.0243. The highest BCUT2D eigenvalue weighted by molar-refractivity contribution is 7.47. The summed E-state index contributed by atoms with van der Waals surface area (Å²) in [4.78, 5) is 23.2. The van der Waals surface area contributed by atoms with Crippen molar-refractivity contribution in [2.24, 2.45) is 0 Å². The van der Waals surface area contributed by atoms with Gasteiger partial charge < -0.3 is 19.8 Å². The van der Waals surface area contributed by atoms with E-state index in [1.807, 2.05) is 27.2 Å². The van der Waals surface area contributed by atoms with Crippen molar-refractivity contribution in [3.63, 3.8) is 0 Å². The second-order valence-electron chi connectivity index (χ2n) is 19.6. The van der Waals surface area contributed by atoms with Crippen LogP contribution < -0.4 is 5.32 Å². The van der Waals surface area contributed by atoms with Crippen LogP contribution >= 0.6 is 7.82 Å². The van der Waals surface area contributed by atoms with Crippen molar-refractivity contribution >= 4 is 13.7 Å². The number of unbranched alkanes of at least 4 members (excludes halogenated alkanes) is 34. The summed E-state index contributed by atoms with van der Waals surface area (Å²) >= 11 is 0. The van der Waals surface area contributed by atoms with Gasteiger partial charge in [-0.2, -0.15) is 0 Å². The molecule has 0 saturated carbocycles. The molecule has 3 unspecified atom stereocenters. The second kappa shape index (κ2) is 45.1. The van der Waals surface area contributed by atoms with E-state index < -0.39 is 20.0 Å². The topological polar surface area (TPSA) is 105 Å². The predicted octanol–water partition coefficient (Wildman–Crippen LogP) is 15.6. The van der Waals surface area contributed by atoms with Crippen LogP contribution in [-0.2, 0) is 18.4 Å². The maximum Gasteiger partial charge on any atom is 0.472 e. The van der Waals surface area contributed by atoms with Crippen LogP contribution in [-0.4, -0.2) is 73.4 Å². The highest BCUT2D eigenvalue weighted by Crippen LogP contribution is 2.43. The van der Waals surface area contributed by atoms with Crippen LogP contribution in [0.4, 0.5) is 0 Å². The number of hydrogen-bond acceptors (Lipinski definition) is 5. The molecule has 0 aliphatic heterocycles. The average Bonchev–Trinajstić information content (AvgIpc) is 3.23. The van der Waals surface area contributed by atoms with E-state index in [9.17, 15) is 19.4 Å². The number of rotatable bonds is 49. The van der Waals surface area contributed by atoms with Crippen molar-refractivity contribution in [1.82, 2.24) is 5.32 Å². The summed E-state index contributed by atoms with van der Waals surface area (Å²) < 4.78 is 23.7. The van der Waals surface area contributed by atoms with Crippen molar-refractivity contribution in [2.45, 2.75) is 270 Å². The van der Waals surface area contributed by atoms with Gasteiger partial charge >= 0.3 is 7.82 Å². The zero-order chi connectivity index (χ0) is 45.7. The highest BCUT2D eigenvalue weighted by atomic mass is 31.2. The number of carbonyl (C=O) groups is 1. The van der Waals surface area contributed by atoms with Gasteiger partial charge in [0.05, 0.1) is 39.9 Å². The van der Waals surface area contributed by atoms with Crippen LogP contribution in [0.15, 0.2) is 24.3 Å². The van der Waals surface area contributed by atoms with Crippen LogP contribution in [0.2, 0.25) is 0 Å². The molecule has 0 heterocycles. The molecule has 0 saturated heterocycles. The SMILES string of the molecule is CCCCCCCC/C=C\CCCCCCCCCC(=O)NC(COP(=O)(O)OCC[N+](C)(C)C)C(O)/C=C/CCCCCCCCCCCCCCCCCCCCCCC. The first-order valence-corrected chi connectivity index (χ1v) is 28.2. The maximum atomic E-state index is 12.9. The average molecular weight is 898 g/mol. The number of likely N-dealkylation sites (N-methyl/N-ethyl adjacent to an activating group) is 1. The Hall–Kier alpha value is -1.02. The number of nitrogens with one attached hydrogen (secondary N) is 1. The minimum absolute atomic E-state index is 0.0621. The molecule has 9 heteroatoms. The summed E-state index contributed by atoms with van der Waals surface area (Å²) in [6.45, 7) is 4.84. The van der Waals surface area contributed by atoms with Gasteiger partial charge in [-0.15, -0.1) is 0 Å². The Morgan fingerprint density at radius 1 is 0.532 bits per heavy atom. The Balaban J connectivity index is 4.26. The number of phosphoric acid groups is 1. The zero-order valence-corrected chi connectivity index (χ0v) is 42.8. The number of nitrogens with zero attached hydrogens (tertiary/aromatic N) is 1. The fraction of sp³-hybridized carbons (Fsp3) is 0.906.